The number of carboxylic acid groups (broad SMARTS) is 1. The third-order valence-corrected chi connectivity index (χ3v) is 2.20. The standard InChI is InChI=1S/C11H11N3O2/c15-11(16)12-5-8-2-1-3-9(4-8)10-6-13-14-7-10/h1-4,6-7,12H,5H2,(H,13,14)(H,15,16). The van der Waals surface area contributed by atoms with Gasteiger partial charge in [-0.3, -0.25) is 5.10 Å². The van der Waals surface area contributed by atoms with Crippen LogP contribution in [0.2, 0.25) is 0 Å². The lowest BCUT2D eigenvalue weighted by Gasteiger charge is -2.03. The van der Waals surface area contributed by atoms with Crippen molar-refractivity contribution in [3.63, 3.8) is 0 Å². The van der Waals surface area contributed by atoms with E-state index in [-0.39, 0.29) is 0 Å². The van der Waals surface area contributed by atoms with Gasteiger partial charge in [-0.15, -0.1) is 0 Å². The minimum atomic E-state index is -1.02. The molecule has 82 valence electrons. The maximum atomic E-state index is 10.4. The molecule has 3 N–H and O–H groups in total. The van der Waals surface area contributed by atoms with Crippen molar-refractivity contribution in [2.75, 3.05) is 0 Å². The Bertz CT molecular complexity index is 480. The molecule has 1 aromatic heterocycles. The summed E-state index contributed by atoms with van der Waals surface area (Å²) in [6.07, 6.45) is 2.50. The van der Waals surface area contributed by atoms with Gasteiger partial charge in [-0.05, 0) is 17.2 Å². The summed E-state index contributed by atoms with van der Waals surface area (Å²) in [6.45, 7) is 0.307. The molecule has 5 nitrogen and oxygen atoms in total. The smallest absolute Gasteiger partial charge is 0.404 e. The Morgan fingerprint density at radius 1 is 1.44 bits per heavy atom. The number of carbonyl (C=O) groups is 1. The number of rotatable bonds is 3. The number of nitrogens with zero attached hydrogens (tertiary/aromatic N) is 1. The van der Waals surface area contributed by atoms with E-state index in [2.05, 4.69) is 15.5 Å². The molecule has 0 aliphatic carbocycles. The number of nitrogens with one attached hydrogen (secondary N) is 2. The molecule has 0 aliphatic heterocycles. The van der Waals surface area contributed by atoms with Crippen LogP contribution in [0.3, 0.4) is 0 Å². The Morgan fingerprint density at radius 2 is 2.31 bits per heavy atom. The Kier molecular flexibility index (Phi) is 2.86. The zero-order valence-corrected chi connectivity index (χ0v) is 8.47. The SMILES string of the molecule is O=C(O)NCc1cccc(-c2cn[nH]c2)c1. The second kappa shape index (κ2) is 4.48. The van der Waals surface area contributed by atoms with E-state index in [0.29, 0.717) is 6.54 Å². The van der Waals surface area contributed by atoms with Crippen LogP contribution in [0.4, 0.5) is 4.79 Å². The Labute approximate surface area is 92.1 Å². The number of benzene rings is 1. The number of aromatic nitrogens is 2. The molecule has 0 spiro atoms. The van der Waals surface area contributed by atoms with Crippen molar-refractivity contribution in [1.82, 2.24) is 15.5 Å². The predicted octanol–water partition coefficient (Wildman–Crippen LogP) is 1.84. The lowest BCUT2D eigenvalue weighted by atomic mass is 10.1. The van der Waals surface area contributed by atoms with Crippen molar-refractivity contribution in [3.8, 4) is 11.1 Å². The van der Waals surface area contributed by atoms with E-state index in [1.807, 2.05) is 24.3 Å². The molecule has 2 rings (SSSR count). The van der Waals surface area contributed by atoms with E-state index in [9.17, 15) is 4.79 Å². The monoisotopic (exact) mass is 217 g/mol. The highest BCUT2D eigenvalue weighted by Gasteiger charge is 2.01. The molecule has 0 fully saturated rings. The van der Waals surface area contributed by atoms with Crippen molar-refractivity contribution in [2.45, 2.75) is 6.54 Å². The summed E-state index contributed by atoms with van der Waals surface area (Å²) in [5.74, 6) is 0. The fraction of sp³-hybridized carbons (Fsp3) is 0.0909. The Balaban J connectivity index is 2.17. The number of aromatic amines is 1. The van der Waals surface area contributed by atoms with E-state index >= 15 is 0 Å². The van der Waals surface area contributed by atoms with E-state index in [0.717, 1.165) is 16.7 Å². The van der Waals surface area contributed by atoms with Gasteiger partial charge in [-0.2, -0.15) is 5.10 Å². The molecule has 0 saturated carbocycles. The summed E-state index contributed by atoms with van der Waals surface area (Å²) < 4.78 is 0. The number of amides is 1. The second-order valence-corrected chi connectivity index (χ2v) is 3.35. The van der Waals surface area contributed by atoms with Crippen molar-refractivity contribution < 1.29 is 9.90 Å². The zero-order valence-electron chi connectivity index (χ0n) is 8.47. The molecule has 0 saturated heterocycles. The largest absolute Gasteiger partial charge is 0.465 e. The van der Waals surface area contributed by atoms with E-state index in [4.69, 9.17) is 5.11 Å². The van der Waals surface area contributed by atoms with Crippen LogP contribution in [0.15, 0.2) is 36.7 Å². The normalized spacial score (nSPS) is 10.0. The predicted molar refractivity (Wildman–Crippen MR) is 58.9 cm³/mol. The Hall–Kier alpha value is -2.30. The topological polar surface area (TPSA) is 78.0 Å². The molecular weight excluding hydrogens is 206 g/mol. The van der Waals surface area contributed by atoms with Gasteiger partial charge in [0.25, 0.3) is 0 Å². The molecule has 1 heterocycles. The maximum Gasteiger partial charge on any atom is 0.404 e. The summed E-state index contributed by atoms with van der Waals surface area (Å²) >= 11 is 0. The first-order valence-electron chi connectivity index (χ1n) is 4.80. The summed E-state index contributed by atoms with van der Waals surface area (Å²) in [5, 5.41) is 17.4. The van der Waals surface area contributed by atoms with Crippen molar-refractivity contribution in [2.24, 2.45) is 0 Å². The van der Waals surface area contributed by atoms with Crippen LogP contribution in [0.5, 0.6) is 0 Å². The summed E-state index contributed by atoms with van der Waals surface area (Å²) in [4.78, 5) is 10.4. The Morgan fingerprint density at radius 3 is 3.00 bits per heavy atom. The molecule has 0 atom stereocenters. The van der Waals surface area contributed by atoms with Crippen molar-refractivity contribution in [3.05, 3.63) is 42.2 Å². The highest BCUT2D eigenvalue weighted by atomic mass is 16.4. The van der Waals surface area contributed by atoms with Gasteiger partial charge in [0, 0.05) is 18.3 Å². The van der Waals surface area contributed by atoms with Crippen molar-refractivity contribution in [1.29, 1.82) is 0 Å². The fourth-order valence-corrected chi connectivity index (χ4v) is 1.45. The van der Waals surface area contributed by atoms with E-state index in [1.165, 1.54) is 0 Å². The third-order valence-electron chi connectivity index (χ3n) is 2.20. The third kappa shape index (κ3) is 2.38. The quantitative estimate of drug-likeness (QED) is 0.734. The molecule has 2 aromatic rings. The van der Waals surface area contributed by atoms with Crippen LogP contribution in [-0.4, -0.2) is 21.4 Å². The average molecular weight is 217 g/mol. The minimum absolute atomic E-state index is 0.307. The molecule has 0 radical (unpaired) electrons. The van der Waals surface area contributed by atoms with E-state index in [1.54, 1.807) is 12.4 Å². The molecule has 0 bridgehead atoms. The molecule has 0 aliphatic rings. The summed E-state index contributed by atoms with van der Waals surface area (Å²) in [7, 11) is 0. The first-order chi connectivity index (χ1) is 7.75. The van der Waals surface area contributed by atoms with Crippen LogP contribution in [-0.2, 0) is 6.54 Å². The van der Waals surface area contributed by atoms with Gasteiger partial charge < -0.3 is 10.4 Å². The maximum absolute atomic E-state index is 10.4. The number of H-pyrrole nitrogens is 1. The molecule has 16 heavy (non-hydrogen) atoms. The number of hydrogen-bond acceptors (Lipinski definition) is 2. The van der Waals surface area contributed by atoms with Gasteiger partial charge in [0.1, 0.15) is 0 Å². The van der Waals surface area contributed by atoms with Crippen LogP contribution < -0.4 is 5.32 Å². The lowest BCUT2D eigenvalue weighted by molar-refractivity contribution is 0.194. The first kappa shape index (κ1) is 10.2. The van der Waals surface area contributed by atoms with E-state index < -0.39 is 6.09 Å². The summed E-state index contributed by atoms with van der Waals surface area (Å²) in [5.41, 5.74) is 2.91. The van der Waals surface area contributed by atoms with Gasteiger partial charge in [-0.1, -0.05) is 18.2 Å². The average Bonchev–Trinajstić information content (AvgIpc) is 2.80. The van der Waals surface area contributed by atoms with Crippen LogP contribution in [0, 0.1) is 0 Å². The lowest BCUT2D eigenvalue weighted by Crippen LogP contribution is -2.19. The second-order valence-electron chi connectivity index (χ2n) is 3.35. The van der Waals surface area contributed by atoms with Gasteiger partial charge >= 0.3 is 6.09 Å². The van der Waals surface area contributed by atoms with Crippen LogP contribution in [0.25, 0.3) is 11.1 Å². The zero-order chi connectivity index (χ0) is 11.4. The molecular formula is C11H11N3O2. The minimum Gasteiger partial charge on any atom is -0.465 e. The van der Waals surface area contributed by atoms with Gasteiger partial charge in [0.2, 0.25) is 0 Å². The molecule has 0 unspecified atom stereocenters. The fourth-order valence-electron chi connectivity index (χ4n) is 1.45. The van der Waals surface area contributed by atoms with Crippen LogP contribution >= 0.6 is 0 Å². The van der Waals surface area contributed by atoms with Gasteiger partial charge in [0.05, 0.1) is 6.20 Å². The molecule has 1 amide bonds. The van der Waals surface area contributed by atoms with Crippen LogP contribution in [0.1, 0.15) is 5.56 Å². The number of hydrogen-bond donors (Lipinski definition) is 3. The molecule has 1 aromatic carbocycles. The molecule has 5 heteroatoms. The van der Waals surface area contributed by atoms with Crippen molar-refractivity contribution >= 4 is 6.09 Å². The van der Waals surface area contributed by atoms with Gasteiger partial charge in [-0.25, -0.2) is 4.79 Å². The summed E-state index contributed by atoms with van der Waals surface area (Å²) in [6, 6.07) is 7.65. The highest BCUT2D eigenvalue weighted by Crippen LogP contribution is 2.18. The highest BCUT2D eigenvalue weighted by molar-refractivity contribution is 5.65. The first-order valence-corrected chi connectivity index (χ1v) is 4.80. The van der Waals surface area contributed by atoms with Gasteiger partial charge in [0.15, 0.2) is 0 Å².